The molecule has 0 aromatic heterocycles. The van der Waals surface area contributed by atoms with Gasteiger partial charge in [-0.25, -0.2) is 0 Å². The zero-order valence-corrected chi connectivity index (χ0v) is 26.8. The van der Waals surface area contributed by atoms with Crippen LogP contribution in [0.3, 0.4) is 0 Å². The fraction of sp³-hybridized carbons (Fsp3) is 0.270. The van der Waals surface area contributed by atoms with Crippen LogP contribution in [-0.2, 0) is 37.0 Å². The van der Waals surface area contributed by atoms with Gasteiger partial charge in [0.25, 0.3) is 11.8 Å². The van der Waals surface area contributed by atoms with Crippen molar-refractivity contribution in [2.45, 2.75) is 54.8 Å². The summed E-state index contributed by atoms with van der Waals surface area (Å²) in [6.45, 7) is 1.79. The number of methoxy groups -OCH3 is 1. The van der Waals surface area contributed by atoms with Crippen molar-refractivity contribution in [3.8, 4) is 5.75 Å². The third-order valence-electron chi connectivity index (χ3n) is 8.03. The molecule has 6 rings (SSSR count). The number of thioether (sulfide) groups is 1. The van der Waals surface area contributed by atoms with E-state index in [-0.39, 0.29) is 13.2 Å². The number of carbonyl (C=O) groups excluding carboxylic acids is 3. The van der Waals surface area contributed by atoms with Crippen LogP contribution >= 0.6 is 11.8 Å². The molecule has 10 heteroatoms. The Bertz CT molecular complexity index is 1650. The molecule has 0 N–H and O–H groups in total. The second kappa shape index (κ2) is 15.0. The van der Waals surface area contributed by atoms with Crippen molar-refractivity contribution in [2.24, 2.45) is 0 Å². The second-order valence-corrected chi connectivity index (χ2v) is 12.4. The Morgan fingerprint density at radius 2 is 1.36 bits per heavy atom. The van der Waals surface area contributed by atoms with Crippen LogP contribution in [0.4, 0.5) is 0 Å². The summed E-state index contributed by atoms with van der Waals surface area (Å²) in [5.74, 6) is -0.788. The van der Waals surface area contributed by atoms with Gasteiger partial charge in [-0.05, 0) is 47.5 Å². The lowest BCUT2D eigenvalue weighted by Crippen LogP contribution is -2.66. The molecule has 242 valence electrons. The maximum atomic E-state index is 14.0. The first kappa shape index (κ1) is 32.5. The molecular formula is C37H35NO8S. The van der Waals surface area contributed by atoms with Crippen molar-refractivity contribution in [3.05, 3.63) is 131 Å². The minimum absolute atomic E-state index is 0.0654. The molecule has 0 radical (unpaired) electrons. The molecular weight excluding hydrogens is 618 g/mol. The number of hydrogen-bond acceptors (Lipinski definition) is 9. The van der Waals surface area contributed by atoms with Gasteiger partial charge in [0.1, 0.15) is 29.4 Å². The largest absolute Gasteiger partial charge is 0.497 e. The fourth-order valence-electron chi connectivity index (χ4n) is 5.81. The number of hydrogen-bond donors (Lipinski definition) is 0. The lowest BCUT2D eigenvalue weighted by Gasteiger charge is -2.48. The number of benzene rings is 4. The second-order valence-electron chi connectivity index (χ2n) is 11.2. The summed E-state index contributed by atoms with van der Waals surface area (Å²) >= 11 is 1.37. The lowest BCUT2D eigenvalue weighted by molar-refractivity contribution is -0.219. The molecule has 0 unspecified atom stereocenters. The minimum Gasteiger partial charge on any atom is -0.497 e. The SMILES string of the molecule is COc1ccc(CO[C@H]2[C@H](OC(C)=O)[C@@H](COCc3ccccc3)O[C@@H](Sc3ccccc3)[C@@H]2N2C(=O)c3ccccc3C2=O)cc1. The summed E-state index contributed by atoms with van der Waals surface area (Å²) in [5.41, 5.74) is 1.60. The topological polar surface area (TPSA) is 101 Å². The summed E-state index contributed by atoms with van der Waals surface area (Å²) in [6, 6.07) is 32.4. The Kier molecular flexibility index (Phi) is 10.3. The van der Waals surface area contributed by atoms with E-state index in [9.17, 15) is 14.4 Å². The summed E-state index contributed by atoms with van der Waals surface area (Å²) < 4.78 is 30.7. The van der Waals surface area contributed by atoms with E-state index in [2.05, 4.69) is 0 Å². The van der Waals surface area contributed by atoms with Crippen molar-refractivity contribution < 1.29 is 38.1 Å². The average molecular weight is 654 g/mol. The van der Waals surface area contributed by atoms with Crippen LogP contribution in [0.1, 0.15) is 38.8 Å². The highest BCUT2D eigenvalue weighted by Crippen LogP contribution is 2.41. The smallest absolute Gasteiger partial charge is 0.303 e. The van der Waals surface area contributed by atoms with Crippen LogP contribution in [0.25, 0.3) is 0 Å². The summed E-state index contributed by atoms with van der Waals surface area (Å²) in [6.07, 6.45) is -2.76. The highest BCUT2D eigenvalue weighted by atomic mass is 32.2. The van der Waals surface area contributed by atoms with Crippen LogP contribution in [0.2, 0.25) is 0 Å². The molecule has 9 nitrogen and oxygen atoms in total. The number of rotatable bonds is 12. The first-order valence-corrected chi connectivity index (χ1v) is 16.2. The van der Waals surface area contributed by atoms with E-state index in [0.717, 1.165) is 16.0 Å². The highest BCUT2D eigenvalue weighted by Gasteiger charge is 2.55. The first-order valence-electron chi connectivity index (χ1n) is 15.3. The van der Waals surface area contributed by atoms with E-state index < -0.39 is 47.6 Å². The van der Waals surface area contributed by atoms with Gasteiger partial charge in [0.05, 0.1) is 38.1 Å². The van der Waals surface area contributed by atoms with E-state index in [1.807, 2.05) is 84.9 Å². The van der Waals surface area contributed by atoms with Crippen LogP contribution in [0, 0.1) is 0 Å². The molecule has 47 heavy (non-hydrogen) atoms. The van der Waals surface area contributed by atoms with E-state index in [0.29, 0.717) is 23.5 Å². The number of esters is 1. The third kappa shape index (κ3) is 7.41. The molecule has 0 aliphatic carbocycles. The van der Waals surface area contributed by atoms with Crippen molar-refractivity contribution in [1.29, 1.82) is 0 Å². The Hall–Kier alpha value is -4.48. The maximum Gasteiger partial charge on any atom is 0.303 e. The molecule has 1 fully saturated rings. The molecule has 2 amide bonds. The van der Waals surface area contributed by atoms with Crippen molar-refractivity contribution in [2.75, 3.05) is 13.7 Å². The summed E-state index contributed by atoms with van der Waals surface area (Å²) in [7, 11) is 1.59. The quantitative estimate of drug-likeness (QED) is 0.136. The number of amides is 2. The lowest BCUT2D eigenvalue weighted by atomic mass is 9.95. The molecule has 5 atom stereocenters. The van der Waals surface area contributed by atoms with E-state index in [1.165, 1.54) is 23.6 Å². The number of nitrogens with zero attached hydrogens (tertiary/aromatic N) is 1. The van der Waals surface area contributed by atoms with Crippen LogP contribution in [0.5, 0.6) is 5.75 Å². The van der Waals surface area contributed by atoms with Gasteiger partial charge < -0.3 is 23.7 Å². The van der Waals surface area contributed by atoms with Gasteiger partial charge in [0, 0.05) is 11.8 Å². The third-order valence-corrected chi connectivity index (χ3v) is 9.20. The molecule has 1 saturated heterocycles. The van der Waals surface area contributed by atoms with Gasteiger partial charge in [-0.15, -0.1) is 0 Å². The molecule has 2 aliphatic heterocycles. The monoisotopic (exact) mass is 653 g/mol. The Labute approximate surface area is 277 Å². The fourth-order valence-corrected chi connectivity index (χ4v) is 7.01. The predicted molar refractivity (Wildman–Crippen MR) is 175 cm³/mol. The maximum absolute atomic E-state index is 14.0. The van der Waals surface area contributed by atoms with Crippen LogP contribution < -0.4 is 4.74 Å². The molecule has 4 aromatic rings. The number of imide groups is 1. The van der Waals surface area contributed by atoms with Gasteiger partial charge in [-0.3, -0.25) is 19.3 Å². The number of fused-ring (bicyclic) bond motifs is 1. The normalized spacial score (nSPS) is 22.2. The minimum atomic E-state index is -1.01. The summed E-state index contributed by atoms with van der Waals surface area (Å²) in [5, 5.41) is 0. The Morgan fingerprint density at radius 3 is 1.98 bits per heavy atom. The number of ether oxygens (including phenoxy) is 5. The van der Waals surface area contributed by atoms with Gasteiger partial charge in [-0.1, -0.05) is 84.6 Å². The highest BCUT2D eigenvalue weighted by molar-refractivity contribution is 7.99. The van der Waals surface area contributed by atoms with Crippen molar-refractivity contribution >= 4 is 29.5 Å². The van der Waals surface area contributed by atoms with Crippen molar-refractivity contribution in [1.82, 2.24) is 4.90 Å². The Morgan fingerprint density at radius 1 is 0.766 bits per heavy atom. The van der Waals surface area contributed by atoms with E-state index in [4.69, 9.17) is 23.7 Å². The standard InChI is InChI=1S/C37H35NO8S/c1-24(39)45-33-31(23-43-21-25-11-5-3-6-12-25)46-37(47-28-13-7-4-8-14-28)32(34(33)44-22-26-17-19-27(42-2)20-18-26)38-35(40)29-15-9-10-16-30(29)36(38)41/h3-20,31-34,37H,21-23H2,1-2H3/t31-,32-,33-,34-,37+/m1/s1. The molecule has 4 aromatic carbocycles. The summed E-state index contributed by atoms with van der Waals surface area (Å²) in [4.78, 5) is 42.6. The molecule has 0 bridgehead atoms. The predicted octanol–water partition coefficient (Wildman–Crippen LogP) is 5.91. The Balaban J connectivity index is 1.39. The molecule has 0 spiro atoms. The molecule has 2 heterocycles. The number of carbonyl (C=O) groups is 3. The zero-order chi connectivity index (χ0) is 32.8. The molecule has 0 saturated carbocycles. The van der Waals surface area contributed by atoms with Gasteiger partial charge in [0.15, 0.2) is 6.10 Å². The van der Waals surface area contributed by atoms with E-state index in [1.54, 1.807) is 31.4 Å². The van der Waals surface area contributed by atoms with Crippen LogP contribution in [-0.4, -0.2) is 66.2 Å². The van der Waals surface area contributed by atoms with Gasteiger partial charge in [-0.2, -0.15) is 0 Å². The van der Waals surface area contributed by atoms with Gasteiger partial charge >= 0.3 is 5.97 Å². The molecule has 2 aliphatic rings. The van der Waals surface area contributed by atoms with Crippen molar-refractivity contribution in [3.63, 3.8) is 0 Å². The zero-order valence-electron chi connectivity index (χ0n) is 26.0. The van der Waals surface area contributed by atoms with Gasteiger partial charge in [0.2, 0.25) is 0 Å². The average Bonchev–Trinajstić information content (AvgIpc) is 3.34. The van der Waals surface area contributed by atoms with Crippen LogP contribution in [0.15, 0.2) is 114 Å². The van der Waals surface area contributed by atoms with E-state index >= 15 is 0 Å². The first-order chi connectivity index (χ1) is 22.9.